The number of carbonyl (C=O) groups is 1. The molecule has 0 unspecified atom stereocenters. The maximum Gasteiger partial charge on any atom is 0.276 e. The molecule has 2 aromatic heterocycles. The van der Waals surface area contributed by atoms with Gasteiger partial charge in [-0.2, -0.15) is 9.78 Å². The molecular weight excluding hydrogens is 306 g/mol. The van der Waals surface area contributed by atoms with E-state index in [-0.39, 0.29) is 11.8 Å². The topological polar surface area (TPSA) is 101 Å². The van der Waals surface area contributed by atoms with Gasteiger partial charge in [-0.15, -0.1) is 5.10 Å². The van der Waals surface area contributed by atoms with Crippen LogP contribution in [0.25, 0.3) is 5.69 Å². The van der Waals surface area contributed by atoms with Crippen LogP contribution in [-0.2, 0) is 0 Å². The molecule has 2 N–H and O–H groups in total. The number of carbonyl (C=O) groups excluding carboxylic acids is 1. The van der Waals surface area contributed by atoms with Gasteiger partial charge in [0.15, 0.2) is 11.5 Å². The largest absolute Gasteiger partial charge is 0.321 e. The normalized spacial score (nSPS) is 11.0. The van der Waals surface area contributed by atoms with Gasteiger partial charge in [-0.25, -0.2) is 0 Å². The second kappa shape index (κ2) is 6.23. The molecule has 8 nitrogen and oxygen atoms in total. The van der Waals surface area contributed by atoms with Crippen LogP contribution in [0.15, 0.2) is 24.3 Å². The maximum absolute atomic E-state index is 12.4. The molecule has 0 radical (unpaired) electrons. The van der Waals surface area contributed by atoms with Crippen LogP contribution in [0.5, 0.6) is 0 Å². The molecule has 1 aromatic carbocycles. The summed E-state index contributed by atoms with van der Waals surface area (Å²) in [5, 5.41) is 21.3. The highest BCUT2D eigenvalue weighted by Crippen LogP contribution is 2.20. The number of hydrogen-bond donors (Lipinski definition) is 2. The smallest absolute Gasteiger partial charge is 0.276 e. The average Bonchev–Trinajstić information content (AvgIpc) is 3.18. The molecule has 8 heteroatoms. The van der Waals surface area contributed by atoms with Crippen molar-refractivity contribution in [2.75, 3.05) is 5.32 Å². The van der Waals surface area contributed by atoms with E-state index in [1.54, 1.807) is 10.7 Å². The standard InChI is InChI=1S/C16H19N7O/c1-9(2)13-8-14(20-19-13)16(24)17-12-6-5-10(3)15(7-12)23-11(4)18-21-22-23/h5-9H,1-4H3,(H,17,24)(H,19,20). The summed E-state index contributed by atoms with van der Waals surface area (Å²) in [5.74, 6) is 0.699. The van der Waals surface area contributed by atoms with Crippen molar-refractivity contribution < 1.29 is 4.79 Å². The van der Waals surface area contributed by atoms with Gasteiger partial charge in [-0.3, -0.25) is 9.89 Å². The van der Waals surface area contributed by atoms with Crippen LogP contribution in [0.3, 0.4) is 0 Å². The number of benzene rings is 1. The van der Waals surface area contributed by atoms with Gasteiger partial charge in [0.05, 0.1) is 5.69 Å². The minimum absolute atomic E-state index is 0.263. The number of aromatic nitrogens is 6. The highest BCUT2D eigenvalue weighted by Gasteiger charge is 2.14. The molecule has 0 aliphatic rings. The molecule has 3 rings (SSSR count). The third-order valence-electron chi connectivity index (χ3n) is 3.77. The van der Waals surface area contributed by atoms with Crippen LogP contribution in [-0.4, -0.2) is 36.3 Å². The fraction of sp³-hybridized carbons (Fsp3) is 0.312. The van der Waals surface area contributed by atoms with Crippen LogP contribution in [0.4, 0.5) is 5.69 Å². The van der Waals surface area contributed by atoms with Gasteiger partial charge in [0.2, 0.25) is 0 Å². The molecule has 0 atom stereocenters. The molecule has 0 aliphatic carbocycles. The fourth-order valence-corrected chi connectivity index (χ4v) is 2.31. The number of hydrogen-bond acceptors (Lipinski definition) is 5. The van der Waals surface area contributed by atoms with Gasteiger partial charge in [0, 0.05) is 11.4 Å². The predicted molar refractivity (Wildman–Crippen MR) is 89.3 cm³/mol. The molecule has 1 amide bonds. The monoisotopic (exact) mass is 325 g/mol. The zero-order valence-electron chi connectivity index (χ0n) is 14.0. The summed E-state index contributed by atoms with van der Waals surface area (Å²) >= 11 is 0. The Kier molecular flexibility index (Phi) is 4.11. The first-order valence-corrected chi connectivity index (χ1v) is 7.68. The van der Waals surface area contributed by atoms with E-state index in [1.807, 2.05) is 45.9 Å². The minimum atomic E-state index is -0.263. The molecule has 0 bridgehead atoms. The number of aryl methyl sites for hydroxylation is 2. The summed E-state index contributed by atoms with van der Waals surface area (Å²) in [6, 6.07) is 7.36. The summed E-state index contributed by atoms with van der Waals surface area (Å²) in [6.07, 6.45) is 0. The van der Waals surface area contributed by atoms with E-state index in [0.29, 0.717) is 17.2 Å². The Bertz CT molecular complexity index is 878. The number of H-pyrrole nitrogens is 1. The molecule has 0 saturated carbocycles. The van der Waals surface area contributed by atoms with Gasteiger partial charge < -0.3 is 5.32 Å². The van der Waals surface area contributed by atoms with Crippen molar-refractivity contribution in [2.24, 2.45) is 0 Å². The van der Waals surface area contributed by atoms with Crippen molar-refractivity contribution in [1.82, 2.24) is 30.4 Å². The Morgan fingerprint density at radius 2 is 2.04 bits per heavy atom. The van der Waals surface area contributed by atoms with E-state index in [9.17, 15) is 4.79 Å². The molecule has 24 heavy (non-hydrogen) atoms. The van der Waals surface area contributed by atoms with E-state index in [4.69, 9.17) is 0 Å². The Morgan fingerprint density at radius 3 is 2.67 bits per heavy atom. The Hall–Kier alpha value is -3.03. The Morgan fingerprint density at radius 1 is 1.25 bits per heavy atom. The molecule has 2 heterocycles. The average molecular weight is 325 g/mol. The highest BCUT2D eigenvalue weighted by atomic mass is 16.1. The van der Waals surface area contributed by atoms with Crippen molar-refractivity contribution in [3.8, 4) is 5.69 Å². The second-order valence-electron chi connectivity index (χ2n) is 5.96. The molecular formula is C16H19N7O. The van der Waals surface area contributed by atoms with Crippen molar-refractivity contribution >= 4 is 11.6 Å². The van der Waals surface area contributed by atoms with E-state index in [1.165, 1.54) is 0 Å². The summed E-state index contributed by atoms with van der Waals surface area (Å²) in [6.45, 7) is 7.86. The molecule has 3 aromatic rings. The third-order valence-corrected chi connectivity index (χ3v) is 3.77. The van der Waals surface area contributed by atoms with Crippen molar-refractivity contribution in [3.63, 3.8) is 0 Å². The van der Waals surface area contributed by atoms with Gasteiger partial charge in [-0.05, 0) is 54.0 Å². The zero-order chi connectivity index (χ0) is 17.3. The first kappa shape index (κ1) is 15.9. The van der Waals surface area contributed by atoms with Crippen molar-refractivity contribution in [3.05, 3.63) is 47.0 Å². The van der Waals surface area contributed by atoms with E-state index in [0.717, 1.165) is 16.9 Å². The third kappa shape index (κ3) is 3.03. The fourth-order valence-electron chi connectivity index (χ4n) is 2.31. The summed E-state index contributed by atoms with van der Waals surface area (Å²) in [5.41, 5.74) is 3.77. The molecule has 124 valence electrons. The molecule has 0 spiro atoms. The predicted octanol–water partition coefficient (Wildman–Crippen LogP) is 2.38. The lowest BCUT2D eigenvalue weighted by Crippen LogP contribution is -2.13. The number of rotatable bonds is 4. The highest BCUT2D eigenvalue weighted by molar-refractivity contribution is 6.03. The number of tetrazole rings is 1. The molecule has 0 saturated heterocycles. The van der Waals surface area contributed by atoms with Crippen molar-refractivity contribution in [2.45, 2.75) is 33.6 Å². The molecule has 0 fully saturated rings. The number of anilines is 1. The van der Waals surface area contributed by atoms with Crippen LogP contribution < -0.4 is 5.32 Å². The lowest BCUT2D eigenvalue weighted by molar-refractivity contribution is 0.102. The van der Waals surface area contributed by atoms with E-state index in [2.05, 4.69) is 31.0 Å². The number of aromatic amines is 1. The summed E-state index contributed by atoms with van der Waals surface area (Å²) in [7, 11) is 0. The lowest BCUT2D eigenvalue weighted by atomic mass is 10.1. The number of amides is 1. The Balaban J connectivity index is 1.85. The van der Waals surface area contributed by atoms with Gasteiger partial charge in [0.1, 0.15) is 0 Å². The summed E-state index contributed by atoms with van der Waals surface area (Å²) < 4.78 is 1.64. The minimum Gasteiger partial charge on any atom is -0.321 e. The van der Waals surface area contributed by atoms with Crippen LogP contribution in [0, 0.1) is 13.8 Å². The van der Waals surface area contributed by atoms with Crippen LogP contribution in [0.2, 0.25) is 0 Å². The van der Waals surface area contributed by atoms with Crippen LogP contribution in [0.1, 0.15) is 47.3 Å². The van der Waals surface area contributed by atoms with Crippen LogP contribution >= 0.6 is 0 Å². The number of nitrogens with one attached hydrogen (secondary N) is 2. The first-order chi connectivity index (χ1) is 11.5. The quantitative estimate of drug-likeness (QED) is 0.767. The first-order valence-electron chi connectivity index (χ1n) is 7.68. The van der Waals surface area contributed by atoms with E-state index >= 15 is 0 Å². The summed E-state index contributed by atoms with van der Waals surface area (Å²) in [4.78, 5) is 12.4. The zero-order valence-corrected chi connectivity index (χ0v) is 14.0. The maximum atomic E-state index is 12.4. The lowest BCUT2D eigenvalue weighted by Gasteiger charge is -2.09. The number of nitrogens with zero attached hydrogens (tertiary/aromatic N) is 5. The molecule has 0 aliphatic heterocycles. The van der Waals surface area contributed by atoms with Crippen molar-refractivity contribution in [1.29, 1.82) is 0 Å². The van der Waals surface area contributed by atoms with Gasteiger partial charge >= 0.3 is 0 Å². The second-order valence-corrected chi connectivity index (χ2v) is 5.96. The Labute approximate surface area is 139 Å². The van der Waals surface area contributed by atoms with E-state index < -0.39 is 0 Å². The van der Waals surface area contributed by atoms with Gasteiger partial charge in [0.25, 0.3) is 5.91 Å². The van der Waals surface area contributed by atoms with Gasteiger partial charge in [-0.1, -0.05) is 19.9 Å². The SMILES string of the molecule is Cc1ccc(NC(=O)c2cc(C(C)C)[nH]n2)cc1-n1nnnc1C.